The van der Waals surface area contributed by atoms with E-state index in [9.17, 15) is 9.59 Å². The van der Waals surface area contributed by atoms with Crippen molar-refractivity contribution in [2.45, 2.75) is 226 Å². The summed E-state index contributed by atoms with van der Waals surface area (Å²) in [7, 11) is 0. The van der Waals surface area contributed by atoms with E-state index in [1.54, 1.807) is 0 Å². The van der Waals surface area contributed by atoms with Crippen LogP contribution >= 0.6 is 0 Å². The van der Waals surface area contributed by atoms with Crippen LogP contribution in [0.15, 0.2) is 24.3 Å². The van der Waals surface area contributed by atoms with Crippen LogP contribution in [0.1, 0.15) is 226 Å². The molecule has 0 aromatic rings. The Morgan fingerprint density at radius 3 is 1.02 bits per heavy atom. The van der Waals surface area contributed by atoms with Gasteiger partial charge < -0.3 is 10.2 Å². The van der Waals surface area contributed by atoms with Gasteiger partial charge in [-0.1, -0.05) is 206 Å². The van der Waals surface area contributed by atoms with Crippen molar-refractivity contribution in [2.24, 2.45) is 28.6 Å². The Morgan fingerprint density at radius 2 is 0.760 bits per heavy atom. The number of carboxylic acids is 2. The van der Waals surface area contributed by atoms with Gasteiger partial charge in [-0.25, -0.2) is 9.59 Å². The molecule has 0 radical (unpaired) electrons. The van der Waals surface area contributed by atoms with Crippen LogP contribution in [0.4, 0.5) is 0 Å². The second-order valence-corrected chi connectivity index (χ2v) is 17.5. The molecular formula is C46H82O4. The quantitative estimate of drug-likeness (QED) is 0.287. The second kappa shape index (κ2) is 27.1. The molecule has 4 nitrogen and oxygen atoms in total. The molecular weight excluding hydrogens is 617 g/mol. The zero-order valence-electron chi connectivity index (χ0n) is 33.4. The number of allylic oxidation sites excluding steroid dienone is 2. The zero-order chi connectivity index (χ0) is 36.3. The minimum Gasteiger partial charge on any atom is -0.478 e. The fourth-order valence-corrected chi connectivity index (χ4v) is 9.54. The van der Waals surface area contributed by atoms with Crippen molar-refractivity contribution in [2.75, 3.05) is 0 Å². The number of carboxylic acid groups (broad SMARTS) is 2. The molecule has 0 aromatic carbocycles. The summed E-state index contributed by atoms with van der Waals surface area (Å²) in [4.78, 5) is 21.0. The third-order valence-corrected chi connectivity index (χ3v) is 13.5. The lowest BCUT2D eigenvalue weighted by atomic mass is 9.67. The summed E-state index contributed by atoms with van der Waals surface area (Å²) >= 11 is 0. The number of hydrogen-bond acceptors (Lipinski definition) is 2. The molecule has 0 aliphatic heterocycles. The molecule has 3 atom stereocenters. The van der Waals surface area contributed by atoms with Crippen LogP contribution in [0.3, 0.4) is 0 Å². The first-order valence-electron chi connectivity index (χ1n) is 22.0. The monoisotopic (exact) mass is 699 g/mol. The molecule has 0 heterocycles. The molecule has 0 spiro atoms. The van der Waals surface area contributed by atoms with Crippen molar-refractivity contribution < 1.29 is 19.8 Å². The van der Waals surface area contributed by atoms with Crippen molar-refractivity contribution in [3.05, 3.63) is 24.3 Å². The standard InChI is InChI=1S/C13H20O2.C13H22O2.2C10H20/c1-12(2)9-6-7-13(12,3)10(8-9)4-5-11(14)15;14-13(15)11-10-12-8-6-4-2-1-3-5-7-9-12;2*1-2-4-6-8-10-9-7-5-3-1/h4-5,9-10H,6-8H2,1-3H3,(H,14,15);10-12H,1-9H2,(H,14,15);2*1-10H2. The summed E-state index contributed by atoms with van der Waals surface area (Å²) < 4.78 is 0. The number of hydrogen-bond donors (Lipinski definition) is 2. The summed E-state index contributed by atoms with van der Waals surface area (Å²) in [6, 6.07) is 0. The van der Waals surface area contributed by atoms with Gasteiger partial charge in [0.2, 0.25) is 0 Å². The van der Waals surface area contributed by atoms with Crippen LogP contribution in [0, 0.1) is 28.6 Å². The number of rotatable bonds is 4. The number of carbonyl (C=O) groups is 2. The van der Waals surface area contributed by atoms with Gasteiger partial charge in [-0.3, -0.25) is 0 Å². The van der Waals surface area contributed by atoms with E-state index in [4.69, 9.17) is 10.2 Å². The maximum atomic E-state index is 10.5. The minimum atomic E-state index is -0.820. The van der Waals surface area contributed by atoms with Gasteiger partial charge in [0.05, 0.1) is 0 Å². The molecule has 3 unspecified atom stereocenters. The lowest BCUT2D eigenvalue weighted by Gasteiger charge is -2.38. The van der Waals surface area contributed by atoms with E-state index in [-0.39, 0.29) is 0 Å². The van der Waals surface area contributed by atoms with Crippen LogP contribution in [-0.2, 0) is 9.59 Å². The van der Waals surface area contributed by atoms with E-state index in [1.165, 1.54) is 218 Å². The summed E-state index contributed by atoms with van der Waals surface area (Å²) in [6.45, 7) is 7.02. The third kappa shape index (κ3) is 18.8. The largest absolute Gasteiger partial charge is 0.478 e. The van der Waals surface area contributed by atoms with E-state index in [0.29, 0.717) is 22.7 Å². The molecule has 4 heteroatoms. The lowest BCUT2D eigenvalue weighted by Crippen LogP contribution is -2.31. The summed E-state index contributed by atoms with van der Waals surface area (Å²) in [5.41, 5.74) is 0.685. The molecule has 2 bridgehead atoms. The van der Waals surface area contributed by atoms with Gasteiger partial charge in [0, 0.05) is 12.2 Å². The zero-order valence-corrected chi connectivity index (χ0v) is 33.4. The van der Waals surface area contributed by atoms with Gasteiger partial charge >= 0.3 is 11.9 Å². The predicted octanol–water partition coefficient (Wildman–Crippen LogP) is 14.7. The Morgan fingerprint density at radius 1 is 0.460 bits per heavy atom. The summed E-state index contributed by atoms with van der Waals surface area (Å²) in [5, 5.41) is 17.3. The molecule has 2 N–H and O–H groups in total. The molecule has 5 aliphatic carbocycles. The van der Waals surface area contributed by atoms with Crippen LogP contribution in [-0.4, -0.2) is 22.2 Å². The molecule has 5 aliphatic rings. The maximum Gasteiger partial charge on any atom is 0.327 e. The van der Waals surface area contributed by atoms with Gasteiger partial charge in [0.15, 0.2) is 0 Å². The number of fused-ring (bicyclic) bond motifs is 2. The molecule has 5 rings (SSSR count). The van der Waals surface area contributed by atoms with Crippen molar-refractivity contribution in [1.29, 1.82) is 0 Å². The molecule has 0 aromatic heterocycles. The average molecular weight is 699 g/mol. The molecule has 5 saturated carbocycles. The fraction of sp³-hybridized carbons (Fsp3) is 0.870. The predicted molar refractivity (Wildman–Crippen MR) is 214 cm³/mol. The molecule has 0 amide bonds. The normalized spacial score (nSPS) is 28.9. The maximum absolute atomic E-state index is 10.5. The van der Waals surface area contributed by atoms with Gasteiger partial charge in [0.25, 0.3) is 0 Å². The van der Waals surface area contributed by atoms with E-state index in [0.717, 1.165) is 5.92 Å². The lowest BCUT2D eigenvalue weighted by molar-refractivity contribution is -0.132. The van der Waals surface area contributed by atoms with Crippen molar-refractivity contribution in [3.8, 4) is 0 Å². The Balaban J connectivity index is 0.000000236. The number of aliphatic carboxylic acids is 2. The highest BCUT2D eigenvalue weighted by Crippen LogP contribution is 2.68. The van der Waals surface area contributed by atoms with Crippen LogP contribution in [0.5, 0.6) is 0 Å². The second-order valence-electron chi connectivity index (χ2n) is 17.5. The van der Waals surface area contributed by atoms with Gasteiger partial charge in [-0.05, 0) is 60.7 Å². The van der Waals surface area contributed by atoms with Gasteiger partial charge in [-0.2, -0.15) is 0 Å². The highest BCUT2D eigenvalue weighted by molar-refractivity contribution is 5.80. The first kappa shape index (κ1) is 44.6. The topological polar surface area (TPSA) is 74.6 Å². The fourth-order valence-electron chi connectivity index (χ4n) is 9.54. The Hall–Kier alpha value is -1.58. The first-order chi connectivity index (χ1) is 24.2. The van der Waals surface area contributed by atoms with E-state index >= 15 is 0 Å². The molecule has 0 saturated heterocycles. The SMILES string of the molecule is C1CCCCCCCCC1.C1CCCCCCCCC1.CC1(C)C2CCC1(C)C(C=CC(=O)O)C2.O=C(O)C=CC1CCCCCCCCC1. The van der Waals surface area contributed by atoms with Crippen LogP contribution in [0.25, 0.3) is 0 Å². The molecule has 290 valence electrons. The van der Waals surface area contributed by atoms with E-state index in [1.807, 2.05) is 12.2 Å². The third-order valence-electron chi connectivity index (χ3n) is 13.5. The minimum absolute atomic E-state index is 0.309. The van der Waals surface area contributed by atoms with Crippen molar-refractivity contribution >= 4 is 11.9 Å². The van der Waals surface area contributed by atoms with Crippen LogP contribution in [0.2, 0.25) is 0 Å². The van der Waals surface area contributed by atoms with Crippen LogP contribution < -0.4 is 0 Å². The highest BCUT2D eigenvalue weighted by atomic mass is 16.4. The van der Waals surface area contributed by atoms with E-state index < -0.39 is 11.9 Å². The van der Waals surface area contributed by atoms with Crippen molar-refractivity contribution in [3.63, 3.8) is 0 Å². The Bertz CT molecular complexity index is 838. The Labute approximate surface area is 310 Å². The summed E-state index contributed by atoms with van der Waals surface area (Å²) in [6.07, 6.45) is 51.8. The van der Waals surface area contributed by atoms with Crippen molar-refractivity contribution in [1.82, 2.24) is 0 Å². The van der Waals surface area contributed by atoms with Gasteiger partial charge in [-0.15, -0.1) is 0 Å². The average Bonchev–Trinajstić information content (AvgIpc) is 3.45. The molecule has 5 fully saturated rings. The van der Waals surface area contributed by atoms with Gasteiger partial charge in [0.1, 0.15) is 0 Å². The smallest absolute Gasteiger partial charge is 0.327 e. The first-order valence-corrected chi connectivity index (χ1v) is 22.0. The highest BCUT2D eigenvalue weighted by Gasteiger charge is 2.60. The van der Waals surface area contributed by atoms with E-state index in [2.05, 4.69) is 20.8 Å². The Kier molecular flexibility index (Phi) is 24.2. The summed E-state index contributed by atoms with van der Waals surface area (Å²) in [5.74, 6) is 0.110. The molecule has 50 heavy (non-hydrogen) atoms.